The molecule has 226 valence electrons. The first-order chi connectivity index (χ1) is 23.8. The second kappa shape index (κ2) is 11.7. The molecule has 0 N–H and O–H groups in total. The molecule has 2 heterocycles. The fraction of sp³-hybridized carbons (Fsp3) is 0. The van der Waals surface area contributed by atoms with Crippen molar-refractivity contribution in [3.05, 3.63) is 182 Å². The van der Waals surface area contributed by atoms with Gasteiger partial charge in [-0.1, -0.05) is 127 Å². The SMILES string of the molecule is c1ccc(-c2ccc(N(c3ccc(-c4ccccc4)cc3)c3cc4oc5cccc(-c6cccnc6)c5c4c4ccccc34)cc2)cc1. The Morgan fingerprint density at radius 2 is 0.979 bits per heavy atom. The maximum atomic E-state index is 6.69. The molecule has 0 fully saturated rings. The molecule has 0 saturated heterocycles. The van der Waals surface area contributed by atoms with E-state index in [0.717, 1.165) is 60.9 Å². The second-order valence-corrected chi connectivity index (χ2v) is 12.0. The van der Waals surface area contributed by atoms with E-state index in [1.165, 1.54) is 22.3 Å². The lowest BCUT2D eigenvalue weighted by atomic mass is 9.96. The Morgan fingerprint density at radius 1 is 0.417 bits per heavy atom. The minimum absolute atomic E-state index is 0.849. The summed E-state index contributed by atoms with van der Waals surface area (Å²) in [4.78, 5) is 6.76. The molecule has 0 spiro atoms. The zero-order valence-electron chi connectivity index (χ0n) is 26.1. The molecule has 3 nitrogen and oxygen atoms in total. The molecule has 7 aromatic carbocycles. The van der Waals surface area contributed by atoms with Gasteiger partial charge in [0, 0.05) is 51.6 Å². The molecular weight excluding hydrogens is 585 g/mol. The molecule has 0 aliphatic heterocycles. The molecule has 0 saturated carbocycles. The Balaban J connectivity index is 1.27. The first-order valence-electron chi connectivity index (χ1n) is 16.2. The summed E-state index contributed by atoms with van der Waals surface area (Å²) in [5.74, 6) is 0. The standard InChI is InChI=1S/C45H30N2O/c1-3-11-31(12-4-1)33-20-24-36(25-21-33)47(37-26-22-34(23-27-37)32-13-5-2-6-14-32)41-29-43-45(40-17-8-7-16-39(40)41)44-38(18-9-19-42(44)48-43)35-15-10-28-46-30-35/h1-30H. The Bertz CT molecular complexity index is 2440. The Kier molecular flexibility index (Phi) is 6.80. The van der Waals surface area contributed by atoms with Gasteiger partial charge in [-0.3, -0.25) is 4.98 Å². The van der Waals surface area contributed by atoms with Gasteiger partial charge in [-0.15, -0.1) is 0 Å². The topological polar surface area (TPSA) is 29.3 Å². The molecule has 48 heavy (non-hydrogen) atoms. The summed E-state index contributed by atoms with van der Waals surface area (Å²) < 4.78 is 6.69. The Morgan fingerprint density at radius 3 is 1.58 bits per heavy atom. The molecule has 0 unspecified atom stereocenters. The third-order valence-electron chi connectivity index (χ3n) is 9.16. The van der Waals surface area contributed by atoms with Crippen molar-refractivity contribution < 1.29 is 4.42 Å². The Labute approximate surface area is 279 Å². The van der Waals surface area contributed by atoms with Crippen LogP contribution < -0.4 is 4.90 Å². The fourth-order valence-corrected chi connectivity index (χ4v) is 6.90. The van der Waals surface area contributed by atoms with Gasteiger partial charge in [0.25, 0.3) is 0 Å². The lowest BCUT2D eigenvalue weighted by Gasteiger charge is -2.27. The lowest BCUT2D eigenvalue weighted by molar-refractivity contribution is 0.669. The van der Waals surface area contributed by atoms with E-state index in [4.69, 9.17) is 4.42 Å². The summed E-state index contributed by atoms with van der Waals surface area (Å²) in [6, 6.07) is 60.0. The molecular formula is C45H30N2O. The smallest absolute Gasteiger partial charge is 0.138 e. The summed E-state index contributed by atoms with van der Waals surface area (Å²) in [5, 5.41) is 4.51. The zero-order chi connectivity index (χ0) is 31.9. The highest BCUT2D eigenvalue weighted by Crippen LogP contribution is 2.46. The van der Waals surface area contributed by atoms with Crippen molar-refractivity contribution in [2.24, 2.45) is 0 Å². The average molecular weight is 615 g/mol. The van der Waals surface area contributed by atoms with E-state index < -0.39 is 0 Å². The van der Waals surface area contributed by atoms with Crippen LogP contribution in [0.4, 0.5) is 17.1 Å². The molecule has 2 aromatic heterocycles. The van der Waals surface area contributed by atoms with Crippen LogP contribution in [0.1, 0.15) is 0 Å². The molecule has 0 atom stereocenters. The number of pyridine rings is 1. The highest BCUT2D eigenvalue weighted by atomic mass is 16.3. The molecule has 0 radical (unpaired) electrons. The van der Waals surface area contributed by atoms with Gasteiger partial charge in [-0.25, -0.2) is 0 Å². The van der Waals surface area contributed by atoms with Crippen molar-refractivity contribution in [2.75, 3.05) is 4.90 Å². The quantitative estimate of drug-likeness (QED) is 0.187. The minimum atomic E-state index is 0.849. The number of benzene rings is 7. The number of hydrogen-bond donors (Lipinski definition) is 0. The fourth-order valence-electron chi connectivity index (χ4n) is 6.90. The maximum Gasteiger partial charge on any atom is 0.138 e. The molecule has 3 heteroatoms. The molecule has 0 aliphatic rings. The van der Waals surface area contributed by atoms with Gasteiger partial charge in [0.2, 0.25) is 0 Å². The van der Waals surface area contributed by atoms with Gasteiger partial charge in [0.15, 0.2) is 0 Å². The van der Waals surface area contributed by atoms with Crippen LogP contribution in [-0.4, -0.2) is 4.98 Å². The number of nitrogens with zero attached hydrogens (tertiary/aromatic N) is 2. The summed E-state index contributed by atoms with van der Waals surface area (Å²) in [5.41, 5.74) is 11.8. The molecule has 0 amide bonds. The van der Waals surface area contributed by atoms with Crippen molar-refractivity contribution in [2.45, 2.75) is 0 Å². The van der Waals surface area contributed by atoms with Crippen molar-refractivity contribution in [1.29, 1.82) is 0 Å². The number of furan rings is 1. The van der Waals surface area contributed by atoms with Crippen molar-refractivity contribution in [3.8, 4) is 33.4 Å². The number of anilines is 3. The minimum Gasteiger partial charge on any atom is -0.456 e. The van der Waals surface area contributed by atoms with Crippen LogP contribution in [0.2, 0.25) is 0 Å². The van der Waals surface area contributed by atoms with Crippen LogP contribution in [0.5, 0.6) is 0 Å². The van der Waals surface area contributed by atoms with E-state index in [2.05, 4.69) is 174 Å². The average Bonchev–Trinajstić information content (AvgIpc) is 3.56. The number of hydrogen-bond acceptors (Lipinski definition) is 3. The second-order valence-electron chi connectivity index (χ2n) is 12.0. The molecule has 9 rings (SSSR count). The molecule has 9 aromatic rings. The van der Waals surface area contributed by atoms with Crippen LogP contribution in [0.15, 0.2) is 187 Å². The predicted octanol–water partition coefficient (Wildman–Crippen LogP) is 12.6. The van der Waals surface area contributed by atoms with Crippen molar-refractivity contribution in [1.82, 2.24) is 4.98 Å². The van der Waals surface area contributed by atoms with Gasteiger partial charge < -0.3 is 9.32 Å². The number of fused-ring (bicyclic) bond motifs is 5. The predicted molar refractivity (Wildman–Crippen MR) is 200 cm³/mol. The van der Waals surface area contributed by atoms with Crippen LogP contribution in [-0.2, 0) is 0 Å². The van der Waals surface area contributed by atoms with E-state index >= 15 is 0 Å². The van der Waals surface area contributed by atoms with Crippen LogP contribution in [0.3, 0.4) is 0 Å². The maximum absolute atomic E-state index is 6.69. The Hall–Kier alpha value is -6.45. The highest BCUT2D eigenvalue weighted by Gasteiger charge is 2.22. The van der Waals surface area contributed by atoms with Gasteiger partial charge in [0.05, 0.1) is 5.69 Å². The van der Waals surface area contributed by atoms with Gasteiger partial charge in [-0.05, 0) is 69.6 Å². The summed E-state index contributed by atoms with van der Waals surface area (Å²) in [7, 11) is 0. The third-order valence-corrected chi connectivity index (χ3v) is 9.16. The van der Waals surface area contributed by atoms with Crippen LogP contribution in [0, 0.1) is 0 Å². The summed E-state index contributed by atoms with van der Waals surface area (Å²) >= 11 is 0. The summed E-state index contributed by atoms with van der Waals surface area (Å²) in [6.07, 6.45) is 3.73. The third kappa shape index (κ3) is 4.81. The van der Waals surface area contributed by atoms with Gasteiger partial charge in [0.1, 0.15) is 11.2 Å². The van der Waals surface area contributed by atoms with Crippen molar-refractivity contribution >= 4 is 49.8 Å². The van der Waals surface area contributed by atoms with E-state index in [9.17, 15) is 0 Å². The first kappa shape index (κ1) is 27.8. The first-order valence-corrected chi connectivity index (χ1v) is 16.2. The molecule has 0 aliphatic carbocycles. The van der Waals surface area contributed by atoms with Gasteiger partial charge in [-0.2, -0.15) is 0 Å². The summed E-state index contributed by atoms with van der Waals surface area (Å²) in [6.45, 7) is 0. The van der Waals surface area contributed by atoms with E-state index in [-0.39, 0.29) is 0 Å². The normalized spacial score (nSPS) is 11.3. The van der Waals surface area contributed by atoms with E-state index in [1.807, 2.05) is 18.5 Å². The molecule has 0 bridgehead atoms. The van der Waals surface area contributed by atoms with Crippen LogP contribution >= 0.6 is 0 Å². The largest absolute Gasteiger partial charge is 0.456 e. The van der Waals surface area contributed by atoms with E-state index in [0.29, 0.717) is 0 Å². The number of rotatable bonds is 6. The lowest BCUT2D eigenvalue weighted by Crippen LogP contribution is -2.10. The monoisotopic (exact) mass is 614 g/mol. The highest BCUT2D eigenvalue weighted by molar-refractivity contribution is 6.25. The van der Waals surface area contributed by atoms with Crippen LogP contribution in [0.25, 0.3) is 66.1 Å². The van der Waals surface area contributed by atoms with E-state index in [1.54, 1.807) is 0 Å². The number of aromatic nitrogens is 1. The zero-order valence-corrected chi connectivity index (χ0v) is 26.1. The van der Waals surface area contributed by atoms with Crippen molar-refractivity contribution in [3.63, 3.8) is 0 Å². The van der Waals surface area contributed by atoms with Gasteiger partial charge >= 0.3 is 0 Å².